The Kier molecular flexibility index (Phi) is 6.94. The van der Waals surface area contributed by atoms with Crippen molar-refractivity contribution in [2.24, 2.45) is 0 Å². The van der Waals surface area contributed by atoms with E-state index in [0.717, 1.165) is 12.8 Å². The van der Waals surface area contributed by atoms with Gasteiger partial charge in [-0.15, -0.1) is 0 Å². The highest BCUT2D eigenvalue weighted by Crippen LogP contribution is 2.33. The molecule has 0 aromatic carbocycles. The van der Waals surface area contributed by atoms with Crippen LogP contribution in [-0.4, -0.2) is 21.6 Å². The zero-order valence-electron chi connectivity index (χ0n) is 10.2. The van der Waals surface area contributed by atoms with Crippen molar-refractivity contribution in [2.45, 2.75) is 51.7 Å². The maximum absolute atomic E-state index is 11.1. The molecule has 0 aliphatic carbocycles. The van der Waals surface area contributed by atoms with E-state index < -0.39 is 0 Å². The highest BCUT2D eigenvalue weighted by molar-refractivity contribution is 8.14. The molecule has 3 heteroatoms. The van der Waals surface area contributed by atoms with Crippen molar-refractivity contribution < 1.29 is 9.90 Å². The molecule has 1 N–H and O–H groups in total. The third-order valence-electron chi connectivity index (χ3n) is 2.26. The number of rotatable bonds is 6. The van der Waals surface area contributed by atoms with Crippen LogP contribution in [0.2, 0.25) is 0 Å². The Morgan fingerprint density at radius 1 is 1.33 bits per heavy atom. The summed E-state index contributed by atoms with van der Waals surface area (Å²) in [5.74, 6) is 0. The van der Waals surface area contributed by atoms with Gasteiger partial charge in [0.1, 0.15) is 0 Å². The van der Waals surface area contributed by atoms with Crippen LogP contribution in [0.5, 0.6) is 0 Å². The summed E-state index contributed by atoms with van der Waals surface area (Å²) in [5, 5.41) is 9.11. The van der Waals surface area contributed by atoms with E-state index in [2.05, 4.69) is 19.9 Å². The van der Waals surface area contributed by atoms with Gasteiger partial charge in [-0.05, 0) is 40.0 Å². The fourth-order valence-corrected chi connectivity index (χ4v) is 2.58. The molecule has 0 spiro atoms. The van der Waals surface area contributed by atoms with E-state index in [4.69, 9.17) is 5.11 Å². The topological polar surface area (TPSA) is 37.3 Å². The highest BCUT2D eigenvalue weighted by atomic mass is 32.2. The fraction of sp³-hybridized carbons (Fsp3) is 0.750. The number of aliphatic hydroxyl groups excluding tert-OH is 1. The normalized spacial score (nSPS) is 14.5. The van der Waals surface area contributed by atoms with Gasteiger partial charge in [0.2, 0.25) is 0 Å². The van der Waals surface area contributed by atoms with Crippen LogP contribution in [0.15, 0.2) is 11.6 Å². The molecule has 0 rings (SSSR count). The number of hydrogen-bond donors (Lipinski definition) is 1. The lowest BCUT2D eigenvalue weighted by atomic mass is 10.0. The predicted octanol–water partition coefficient (Wildman–Crippen LogP) is 3.15. The first-order valence-corrected chi connectivity index (χ1v) is 6.15. The average molecular weight is 230 g/mol. The van der Waals surface area contributed by atoms with Crippen LogP contribution in [0.25, 0.3) is 0 Å². The SMILES string of the molecule is CC(=O)SC(C)(CCO)CCC=C(C)C. The molecule has 88 valence electrons. The molecule has 0 aliphatic heterocycles. The number of thioether (sulfide) groups is 1. The van der Waals surface area contributed by atoms with E-state index in [1.807, 2.05) is 6.92 Å². The molecule has 2 nitrogen and oxygen atoms in total. The van der Waals surface area contributed by atoms with Gasteiger partial charge in [0.25, 0.3) is 0 Å². The van der Waals surface area contributed by atoms with Gasteiger partial charge in [-0.2, -0.15) is 0 Å². The minimum Gasteiger partial charge on any atom is -0.396 e. The van der Waals surface area contributed by atoms with Gasteiger partial charge >= 0.3 is 0 Å². The Bertz CT molecular complexity index is 232. The standard InChI is InChI=1S/C12H22O2S/c1-10(2)6-5-7-12(4,8-9-13)15-11(3)14/h6,13H,5,7-9H2,1-4H3. The van der Waals surface area contributed by atoms with Crippen LogP contribution in [0, 0.1) is 0 Å². The van der Waals surface area contributed by atoms with Crippen LogP contribution in [0.4, 0.5) is 0 Å². The second kappa shape index (κ2) is 7.07. The molecular formula is C12H22O2S. The lowest BCUT2D eigenvalue weighted by molar-refractivity contribution is -0.109. The Morgan fingerprint density at radius 2 is 1.93 bits per heavy atom. The van der Waals surface area contributed by atoms with Crippen molar-refractivity contribution in [3.8, 4) is 0 Å². The van der Waals surface area contributed by atoms with Crippen molar-refractivity contribution in [1.29, 1.82) is 0 Å². The minimum atomic E-state index is -0.119. The summed E-state index contributed by atoms with van der Waals surface area (Å²) in [6, 6.07) is 0. The second-order valence-corrected chi connectivity index (χ2v) is 6.10. The Balaban J connectivity index is 4.24. The smallest absolute Gasteiger partial charge is 0.186 e. The van der Waals surface area contributed by atoms with E-state index in [-0.39, 0.29) is 16.5 Å². The van der Waals surface area contributed by atoms with Gasteiger partial charge in [-0.3, -0.25) is 4.79 Å². The van der Waals surface area contributed by atoms with Crippen molar-refractivity contribution in [3.05, 3.63) is 11.6 Å². The lowest BCUT2D eigenvalue weighted by Gasteiger charge is -2.26. The zero-order chi connectivity index (χ0) is 11.9. The Labute approximate surface area is 97.1 Å². The molecule has 0 amide bonds. The molecule has 1 unspecified atom stereocenters. The van der Waals surface area contributed by atoms with E-state index in [9.17, 15) is 4.79 Å². The molecule has 0 heterocycles. The van der Waals surface area contributed by atoms with Gasteiger partial charge in [-0.25, -0.2) is 0 Å². The summed E-state index contributed by atoms with van der Waals surface area (Å²) in [5.41, 5.74) is 1.30. The first-order chi connectivity index (χ1) is 6.89. The molecule has 0 aromatic heterocycles. The average Bonchev–Trinajstić information content (AvgIpc) is 2.01. The van der Waals surface area contributed by atoms with Gasteiger partial charge in [0.05, 0.1) is 0 Å². The van der Waals surface area contributed by atoms with Crippen LogP contribution in [0.3, 0.4) is 0 Å². The molecule has 0 radical (unpaired) electrons. The molecule has 0 saturated carbocycles. The molecule has 0 fully saturated rings. The van der Waals surface area contributed by atoms with E-state index in [0.29, 0.717) is 6.42 Å². The number of allylic oxidation sites excluding steroid dienone is 2. The quantitative estimate of drug-likeness (QED) is 0.712. The van der Waals surface area contributed by atoms with Gasteiger partial charge in [0.15, 0.2) is 5.12 Å². The monoisotopic (exact) mass is 230 g/mol. The van der Waals surface area contributed by atoms with Gasteiger partial charge in [-0.1, -0.05) is 23.4 Å². The Hall–Kier alpha value is -0.280. The molecule has 1 atom stereocenters. The molecular weight excluding hydrogens is 208 g/mol. The van der Waals surface area contributed by atoms with E-state index in [1.54, 1.807) is 6.92 Å². The van der Waals surface area contributed by atoms with Crippen LogP contribution in [-0.2, 0) is 4.79 Å². The summed E-state index contributed by atoms with van der Waals surface area (Å²) in [6.45, 7) is 7.92. The summed E-state index contributed by atoms with van der Waals surface area (Å²) in [6.07, 6.45) is 4.76. The number of carbonyl (C=O) groups is 1. The Morgan fingerprint density at radius 3 is 2.33 bits per heavy atom. The third-order valence-corrected chi connectivity index (χ3v) is 3.45. The lowest BCUT2D eigenvalue weighted by Crippen LogP contribution is -2.23. The van der Waals surface area contributed by atoms with Crippen LogP contribution >= 0.6 is 11.8 Å². The van der Waals surface area contributed by atoms with Crippen molar-refractivity contribution in [2.75, 3.05) is 6.61 Å². The zero-order valence-corrected chi connectivity index (χ0v) is 11.0. The summed E-state index contributed by atoms with van der Waals surface area (Å²) >= 11 is 1.35. The van der Waals surface area contributed by atoms with Crippen LogP contribution < -0.4 is 0 Å². The molecule has 0 bridgehead atoms. The number of hydrogen-bond acceptors (Lipinski definition) is 3. The molecule has 0 aliphatic rings. The number of aliphatic hydroxyl groups is 1. The fourth-order valence-electron chi connectivity index (χ4n) is 1.48. The maximum atomic E-state index is 11.1. The highest BCUT2D eigenvalue weighted by Gasteiger charge is 2.25. The molecule has 15 heavy (non-hydrogen) atoms. The summed E-state index contributed by atoms with van der Waals surface area (Å²) in [4.78, 5) is 11.1. The van der Waals surface area contributed by atoms with Crippen molar-refractivity contribution in [1.82, 2.24) is 0 Å². The van der Waals surface area contributed by atoms with Gasteiger partial charge in [0, 0.05) is 18.3 Å². The van der Waals surface area contributed by atoms with Crippen molar-refractivity contribution in [3.63, 3.8) is 0 Å². The number of carbonyl (C=O) groups excluding carboxylic acids is 1. The minimum absolute atomic E-state index is 0.119. The van der Waals surface area contributed by atoms with Gasteiger partial charge < -0.3 is 5.11 Å². The van der Waals surface area contributed by atoms with Crippen molar-refractivity contribution >= 4 is 16.9 Å². The van der Waals surface area contributed by atoms with E-state index in [1.165, 1.54) is 17.3 Å². The second-order valence-electron chi connectivity index (χ2n) is 4.34. The largest absolute Gasteiger partial charge is 0.396 e. The third kappa shape index (κ3) is 7.63. The first kappa shape index (κ1) is 14.7. The predicted molar refractivity (Wildman–Crippen MR) is 67.0 cm³/mol. The first-order valence-electron chi connectivity index (χ1n) is 5.33. The maximum Gasteiger partial charge on any atom is 0.186 e. The van der Waals surface area contributed by atoms with E-state index >= 15 is 0 Å². The summed E-state index contributed by atoms with van der Waals surface area (Å²) in [7, 11) is 0. The summed E-state index contributed by atoms with van der Waals surface area (Å²) < 4.78 is -0.119. The van der Waals surface area contributed by atoms with Crippen LogP contribution in [0.1, 0.15) is 47.0 Å². The molecule has 0 aromatic rings. The molecule has 0 saturated heterocycles.